The SMILES string of the molecule is C=Cc1c(/C=C/c2cc(N)c(/C=C(\CC(C)N)C(=O)N(CCC)CCC)c(OC)c2)ccn(CC=O)c1=O. The van der Waals surface area contributed by atoms with Crippen LogP contribution in [0.15, 0.2) is 41.3 Å². The second-order valence-electron chi connectivity index (χ2n) is 9.22. The highest BCUT2D eigenvalue weighted by atomic mass is 16.5. The number of aromatic nitrogens is 1. The number of hydrogen-bond acceptors (Lipinski definition) is 6. The molecule has 0 radical (unpaired) electrons. The van der Waals surface area contributed by atoms with Crippen molar-refractivity contribution in [2.75, 3.05) is 25.9 Å². The number of ether oxygens (including phenoxy) is 1. The number of aldehydes is 1. The van der Waals surface area contributed by atoms with Crippen molar-refractivity contribution in [1.82, 2.24) is 9.47 Å². The fourth-order valence-corrected chi connectivity index (χ4v) is 4.24. The summed E-state index contributed by atoms with van der Waals surface area (Å²) < 4.78 is 6.98. The van der Waals surface area contributed by atoms with Gasteiger partial charge in [-0.05, 0) is 61.6 Å². The van der Waals surface area contributed by atoms with Gasteiger partial charge in [-0.1, -0.05) is 38.7 Å². The van der Waals surface area contributed by atoms with Crippen molar-refractivity contribution >= 4 is 42.2 Å². The van der Waals surface area contributed by atoms with E-state index in [4.69, 9.17) is 16.2 Å². The van der Waals surface area contributed by atoms with Gasteiger partial charge in [-0.25, -0.2) is 0 Å². The summed E-state index contributed by atoms with van der Waals surface area (Å²) in [5.41, 5.74) is 15.7. The minimum absolute atomic E-state index is 0.0194. The van der Waals surface area contributed by atoms with Crippen LogP contribution in [0.3, 0.4) is 0 Å². The molecule has 0 aliphatic heterocycles. The predicted octanol–water partition coefficient (Wildman–Crippen LogP) is 4.22. The molecule has 2 rings (SSSR count). The number of rotatable bonds is 14. The second kappa shape index (κ2) is 14.7. The maximum Gasteiger partial charge on any atom is 0.258 e. The molecule has 1 heterocycles. The van der Waals surface area contributed by atoms with Gasteiger partial charge in [-0.3, -0.25) is 9.59 Å². The van der Waals surface area contributed by atoms with Gasteiger partial charge in [-0.2, -0.15) is 0 Å². The summed E-state index contributed by atoms with van der Waals surface area (Å²) in [4.78, 5) is 38.7. The number of nitrogens with two attached hydrogens (primary N) is 2. The van der Waals surface area contributed by atoms with E-state index >= 15 is 0 Å². The Kier molecular flexibility index (Phi) is 11.8. The molecule has 0 saturated heterocycles. The minimum Gasteiger partial charge on any atom is -0.496 e. The van der Waals surface area contributed by atoms with Gasteiger partial charge in [0.25, 0.3) is 5.56 Å². The number of carbonyl (C=O) groups is 2. The first kappa shape index (κ1) is 30.3. The summed E-state index contributed by atoms with van der Waals surface area (Å²) in [6.07, 6.45) is 11.2. The Hall–Kier alpha value is -3.91. The average molecular weight is 521 g/mol. The lowest BCUT2D eigenvalue weighted by Gasteiger charge is -2.24. The highest BCUT2D eigenvalue weighted by Crippen LogP contribution is 2.31. The smallest absolute Gasteiger partial charge is 0.258 e. The lowest BCUT2D eigenvalue weighted by molar-refractivity contribution is -0.127. The molecule has 0 saturated carbocycles. The molecule has 0 spiro atoms. The number of methoxy groups -OCH3 is 1. The van der Waals surface area contributed by atoms with Gasteiger partial charge in [0.1, 0.15) is 12.0 Å². The minimum atomic E-state index is -0.293. The fourth-order valence-electron chi connectivity index (χ4n) is 4.24. The predicted molar refractivity (Wildman–Crippen MR) is 157 cm³/mol. The molecule has 1 aromatic carbocycles. The zero-order valence-corrected chi connectivity index (χ0v) is 22.9. The van der Waals surface area contributed by atoms with Crippen LogP contribution in [0.4, 0.5) is 5.69 Å². The number of pyridine rings is 1. The summed E-state index contributed by atoms with van der Waals surface area (Å²) >= 11 is 0. The van der Waals surface area contributed by atoms with Gasteiger partial charge in [0.15, 0.2) is 0 Å². The van der Waals surface area contributed by atoms with Crippen LogP contribution < -0.4 is 21.8 Å². The highest BCUT2D eigenvalue weighted by Gasteiger charge is 2.20. The van der Waals surface area contributed by atoms with E-state index in [2.05, 4.69) is 6.58 Å². The van der Waals surface area contributed by atoms with Gasteiger partial charge in [0.2, 0.25) is 5.91 Å². The first-order valence-electron chi connectivity index (χ1n) is 12.9. The molecular formula is C30H40N4O4. The maximum absolute atomic E-state index is 13.4. The summed E-state index contributed by atoms with van der Waals surface area (Å²) in [5, 5.41) is 0. The zero-order chi connectivity index (χ0) is 28.2. The largest absolute Gasteiger partial charge is 0.496 e. The Morgan fingerprint density at radius 3 is 2.42 bits per heavy atom. The molecule has 0 bridgehead atoms. The average Bonchev–Trinajstić information content (AvgIpc) is 2.88. The van der Waals surface area contributed by atoms with Crippen molar-refractivity contribution in [3.05, 3.63) is 69.2 Å². The van der Waals surface area contributed by atoms with E-state index in [-0.39, 0.29) is 24.1 Å². The number of amides is 1. The van der Waals surface area contributed by atoms with Gasteiger partial charge < -0.3 is 30.5 Å². The van der Waals surface area contributed by atoms with Gasteiger partial charge in [0, 0.05) is 47.7 Å². The fraction of sp³-hybridized carbons (Fsp3) is 0.367. The van der Waals surface area contributed by atoms with Crippen LogP contribution >= 0.6 is 0 Å². The highest BCUT2D eigenvalue weighted by molar-refractivity contribution is 5.99. The van der Waals surface area contributed by atoms with Gasteiger partial charge in [0.05, 0.1) is 13.7 Å². The van der Waals surface area contributed by atoms with Crippen molar-refractivity contribution < 1.29 is 14.3 Å². The quantitative estimate of drug-likeness (QED) is 0.219. The van der Waals surface area contributed by atoms with E-state index in [1.54, 1.807) is 37.6 Å². The topological polar surface area (TPSA) is 121 Å². The molecule has 0 aliphatic carbocycles. The second-order valence-corrected chi connectivity index (χ2v) is 9.22. The molecule has 8 nitrogen and oxygen atoms in total. The zero-order valence-electron chi connectivity index (χ0n) is 22.9. The van der Waals surface area contributed by atoms with Crippen molar-refractivity contribution in [3.8, 4) is 5.75 Å². The van der Waals surface area contributed by atoms with E-state index in [0.717, 1.165) is 18.4 Å². The van der Waals surface area contributed by atoms with E-state index in [1.807, 2.05) is 37.8 Å². The number of nitrogen functional groups attached to an aromatic ring is 1. The van der Waals surface area contributed by atoms with Gasteiger partial charge in [-0.15, -0.1) is 0 Å². The van der Waals surface area contributed by atoms with Crippen molar-refractivity contribution in [3.63, 3.8) is 0 Å². The molecule has 0 aliphatic rings. The van der Waals surface area contributed by atoms with Crippen LogP contribution in [-0.4, -0.2) is 47.9 Å². The van der Waals surface area contributed by atoms with Gasteiger partial charge >= 0.3 is 0 Å². The van der Waals surface area contributed by atoms with Crippen molar-refractivity contribution in [1.29, 1.82) is 0 Å². The van der Waals surface area contributed by atoms with E-state index in [1.165, 1.54) is 10.6 Å². The molecule has 1 atom stereocenters. The summed E-state index contributed by atoms with van der Waals surface area (Å²) in [5.74, 6) is 0.472. The molecule has 4 N–H and O–H groups in total. The number of carbonyl (C=O) groups excluding carboxylic acids is 2. The van der Waals surface area contributed by atoms with Crippen LogP contribution in [0.2, 0.25) is 0 Å². The third-order valence-corrected chi connectivity index (χ3v) is 5.99. The number of nitrogens with zero attached hydrogens (tertiary/aromatic N) is 2. The van der Waals surface area contributed by atoms with Crippen LogP contribution in [0, 0.1) is 0 Å². The lowest BCUT2D eigenvalue weighted by Crippen LogP contribution is -2.35. The van der Waals surface area contributed by atoms with Crippen LogP contribution in [0.25, 0.3) is 24.3 Å². The Bertz CT molecular complexity index is 1250. The first-order valence-corrected chi connectivity index (χ1v) is 12.9. The summed E-state index contributed by atoms with van der Waals surface area (Å²) in [7, 11) is 1.55. The first-order chi connectivity index (χ1) is 18.2. The Morgan fingerprint density at radius 1 is 1.18 bits per heavy atom. The standard InChI is InChI=1S/C30H40N4O4/c1-6-12-33(13-7-2)29(36)24(17-21(4)31)20-26-27(32)18-22(19-28(26)38-5)9-10-23-11-14-34(15-16-35)30(37)25(23)8-3/h8-11,14,16,18-21H,3,6-7,12-13,15,17,31-32H2,1-2,4-5H3/b10-9+,24-20+. The van der Waals surface area contributed by atoms with Crippen LogP contribution in [0.5, 0.6) is 5.75 Å². The Balaban J connectivity index is 2.52. The van der Waals surface area contributed by atoms with E-state index in [9.17, 15) is 14.4 Å². The van der Waals surface area contributed by atoms with Crippen molar-refractivity contribution in [2.24, 2.45) is 5.73 Å². The summed E-state index contributed by atoms with van der Waals surface area (Å²) in [6.45, 7) is 11.0. The Morgan fingerprint density at radius 2 is 1.87 bits per heavy atom. The van der Waals surface area contributed by atoms with E-state index < -0.39 is 0 Å². The third-order valence-electron chi connectivity index (χ3n) is 5.99. The normalized spacial score (nSPS) is 12.4. The number of hydrogen-bond donors (Lipinski definition) is 2. The molecule has 0 fully saturated rings. The molecule has 2 aromatic rings. The maximum atomic E-state index is 13.4. The molecule has 38 heavy (non-hydrogen) atoms. The molecule has 1 aromatic heterocycles. The lowest BCUT2D eigenvalue weighted by atomic mass is 9.99. The third kappa shape index (κ3) is 7.79. The molecule has 1 unspecified atom stereocenters. The number of anilines is 1. The molecule has 204 valence electrons. The molecular weight excluding hydrogens is 480 g/mol. The monoisotopic (exact) mass is 520 g/mol. The summed E-state index contributed by atoms with van der Waals surface area (Å²) in [6, 6.07) is 5.16. The van der Waals surface area contributed by atoms with Crippen LogP contribution in [-0.2, 0) is 16.1 Å². The molecule has 1 amide bonds. The van der Waals surface area contributed by atoms with Crippen LogP contribution in [0.1, 0.15) is 62.3 Å². The Labute approximate surface area is 225 Å². The number of benzene rings is 1. The van der Waals surface area contributed by atoms with E-state index in [0.29, 0.717) is 59.5 Å². The van der Waals surface area contributed by atoms with Crippen molar-refractivity contribution in [2.45, 2.75) is 52.6 Å². The molecule has 8 heteroatoms.